The lowest BCUT2D eigenvalue weighted by Crippen LogP contribution is -2.07. The second-order valence-electron chi connectivity index (χ2n) is 4.42. The van der Waals surface area contributed by atoms with Crippen LogP contribution in [0.1, 0.15) is 13.8 Å². The SMILES string of the molecule is COc1ncccc1-c1n[nH]c(=S)n1CC(C)C. The highest BCUT2D eigenvalue weighted by molar-refractivity contribution is 7.71. The van der Waals surface area contributed by atoms with Crippen LogP contribution in [0.5, 0.6) is 5.88 Å². The van der Waals surface area contributed by atoms with Gasteiger partial charge < -0.3 is 4.74 Å². The molecular weight excluding hydrogens is 248 g/mol. The quantitative estimate of drug-likeness (QED) is 0.863. The molecule has 2 rings (SSSR count). The molecular formula is C12H16N4OS. The first kappa shape index (κ1) is 12.8. The Balaban J connectivity index is 2.54. The lowest BCUT2D eigenvalue weighted by atomic mass is 10.2. The fraction of sp³-hybridized carbons (Fsp3) is 0.417. The minimum absolute atomic E-state index is 0.482. The zero-order valence-corrected chi connectivity index (χ0v) is 11.5. The smallest absolute Gasteiger partial charge is 0.224 e. The molecule has 0 aliphatic carbocycles. The average Bonchev–Trinajstić information content (AvgIpc) is 2.70. The maximum atomic E-state index is 5.26. The van der Waals surface area contributed by atoms with Gasteiger partial charge in [-0.2, -0.15) is 5.10 Å². The van der Waals surface area contributed by atoms with E-state index < -0.39 is 0 Å². The third kappa shape index (κ3) is 2.43. The molecule has 0 saturated carbocycles. The standard InChI is InChI=1S/C12H16N4OS/c1-8(2)7-16-10(14-15-12(16)18)9-5-4-6-13-11(9)17-3/h4-6,8H,7H2,1-3H3,(H,15,18). The van der Waals surface area contributed by atoms with Crippen LogP contribution in [0.15, 0.2) is 18.3 Å². The number of nitrogens with one attached hydrogen (secondary N) is 1. The highest BCUT2D eigenvalue weighted by Crippen LogP contribution is 2.26. The normalized spacial score (nSPS) is 10.9. The molecule has 0 radical (unpaired) electrons. The minimum atomic E-state index is 0.482. The van der Waals surface area contributed by atoms with E-state index >= 15 is 0 Å². The van der Waals surface area contributed by atoms with Crippen LogP contribution in [0.3, 0.4) is 0 Å². The van der Waals surface area contributed by atoms with E-state index in [9.17, 15) is 0 Å². The lowest BCUT2D eigenvalue weighted by molar-refractivity contribution is 0.398. The molecule has 96 valence electrons. The Morgan fingerprint density at radius 3 is 2.94 bits per heavy atom. The van der Waals surface area contributed by atoms with Crippen LogP contribution >= 0.6 is 12.2 Å². The van der Waals surface area contributed by atoms with E-state index in [1.165, 1.54) is 0 Å². The van der Waals surface area contributed by atoms with Gasteiger partial charge in [-0.25, -0.2) is 4.98 Å². The number of methoxy groups -OCH3 is 1. The molecule has 0 aromatic carbocycles. The fourth-order valence-electron chi connectivity index (χ4n) is 1.78. The van der Waals surface area contributed by atoms with Crippen LogP contribution in [-0.4, -0.2) is 26.9 Å². The maximum absolute atomic E-state index is 5.26. The predicted octanol–water partition coefficient (Wildman–Crippen LogP) is 2.67. The van der Waals surface area contributed by atoms with Crippen molar-refractivity contribution >= 4 is 12.2 Å². The number of hydrogen-bond acceptors (Lipinski definition) is 4. The van der Waals surface area contributed by atoms with Crippen molar-refractivity contribution in [3.63, 3.8) is 0 Å². The maximum Gasteiger partial charge on any atom is 0.224 e. The largest absolute Gasteiger partial charge is 0.480 e. The van der Waals surface area contributed by atoms with Crippen LogP contribution in [0.25, 0.3) is 11.4 Å². The predicted molar refractivity (Wildman–Crippen MR) is 72.0 cm³/mol. The molecule has 0 atom stereocenters. The number of ether oxygens (including phenoxy) is 1. The molecule has 0 fully saturated rings. The van der Waals surface area contributed by atoms with Crippen LogP contribution in [0.2, 0.25) is 0 Å². The summed E-state index contributed by atoms with van der Waals surface area (Å²) in [6.45, 7) is 5.08. The Morgan fingerprint density at radius 1 is 1.50 bits per heavy atom. The Hall–Kier alpha value is -1.69. The van der Waals surface area contributed by atoms with Crippen LogP contribution in [0.4, 0.5) is 0 Å². The summed E-state index contributed by atoms with van der Waals surface area (Å²) in [5.41, 5.74) is 0.841. The molecule has 2 aromatic rings. The molecule has 6 heteroatoms. The van der Waals surface area contributed by atoms with Gasteiger partial charge in [0.25, 0.3) is 0 Å². The molecule has 0 saturated heterocycles. The van der Waals surface area contributed by atoms with Crippen molar-refractivity contribution < 1.29 is 4.74 Å². The molecule has 0 aliphatic rings. The molecule has 2 heterocycles. The van der Waals surface area contributed by atoms with Crippen molar-refractivity contribution in [2.75, 3.05) is 7.11 Å². The Labute approximate surface area is 111 Å². The van der Waals surface area contributed by atoms with E-state index in [4.69, 9.17) is 17.0 Å². The van der Waals surface area contributed by atoms with E-state index in [1.807, 2.05) is 16.7 Å². The number of H-pyrrole nitrogens is 1. The van der Waals surface area contributed by atoms with E-state index in [-0.39, 0.29) is 0 Å². The fourth-order valence-corrected chi connectivity index (χ4v) is 1.99. The second-order valence-corrected chi connectivity index (χ2v) is 4.80. The summed E-state index contributed by atoms with van der Waals surface area (Å²) in [6, 6.07) is 3.78. The Kier molecular flexibility index (Phi) is 3.76. The van der Waals surface area contributed by atoms with Gasteiger partial charge in [-0.1, -0.05) is 13.8 Å². The third-order valence-electron chi connectivity index (χ3n) is 2.51. The van der Waals surface area contributed by atoms with Gasteiger partial charge in [0.2, 0.25) is 5.88 Å². The van der Waals surface area contributed by atoms with Crippen molar-refractivity contribution in [2.24, 2.45) is 5.92 Å². The number of nitrogens with zero attached hydrogens (tertiary/aromatic N) is 3. The van der Waals surface area contributed by atoms with Gasteiger partial charge >= 0.3 is 0 Å². The monoisotopic (exact) mass is 264 g/mol. The van der Waals surface area contributed by atoms with Gasteiger partial charge in [-0.15, -0.1) is 0 Å². The molecule has 2 aromatic heterocycles. The van der Waals surface area contributed by atoms with Gasteiger partial charge in [0, 0.05) is 12.7 Å². The number of hydrogen-bond donors (Lipinski definition) is 1. The van der Waals surface area contributed by atoms with Gasteiger partial charge in [-0.05, 0) is 30.3 Å². The number of aromatic amines is 1. The summed E-state index contributed by atoms with van der Waals surface area (Å²) in [5, 5.41) is 7.10. The topological polar surface area (TPSA) is 55.7 Å². The zero-order chi connectivity index (χ0) is 13.1. The van der Waals surface area contributed by atoms with Gasteiger partial charge in [0.15, 0.2) is 10.6 Å². The minimum Gasteiger partial charge on any atom is -0.480 e. The Morgan fingerprint density at radius 2 is 2.28 bits per heavy atom. The van der Waals surface area contributed by atoms with Gasteiger partial charge in [0.1, 0.15) is 0 Å². The summed E-state index contributed by atoms with van der Waals surface area (Å²) < 4.78 is 7.84. The number of pyridine rings is 1. The Bertz CT molecular complexity index is 588. The van der Waals surface area contributed by atoms with Crippen molar-refractivity contribution in [2.45, 2.75) is 20.4 Å². The lowest BCUT2D eigenvalue weighted by Gasteiger charge is -2.10. The second kappa shape index (κ2) is 5.30. The molecule has 0 aliphatic heterocycles. The highest BCUT2D eigenvalue weighted by atomic mass is 32.1. The van der Waals surface area contributed by atoms with Gasteiger partial charge in [0.05, 0.1) is 12.7 Å². The summed E-state index contributed by atoms with van der Waals surface area (Å²) in [6.07, 6.45) is 1.69. The molecule has 0 amide bonds. The molecule has 0 unspecified atom stereocenters. The van der Waals surface area contributed by atoms with Crippen molar-refractivity contribution in [1.82, 2.24) is 19.7 Å². The first-order valence-corrected chi connectivity index (χ1v) is 6.19. The summed E-state index contributed by atoms with van der Waals surface area (Å²) in [4.78, 5) is 4.18. The highest BCUT2D eigenvalue weighted by Gasteiger charge is 2.14. The third-order valence-corrected chi connectivity index (χ3v) is 2.82. The van der Waals surface area contributed by atoms with Crippen LogP contribution < -0.4 is 4.74 Å². The molecule has 0 spiro atoms. The van der Waals surface area contributed by atoms with Crippen molar-refractivity contribution in [3.05, 3.63) is 23.1 Å². The van der Waals surface area contributed by atoms with Crippen molar-refractivity contribution in [3.8, 4) is 17.3 Å². The van der Waals surface area contributed by atoms with Gasteiger partial charge in [-0.3, -0.25) is 9.67 Å². The summed E-state index contributed by atoms with van der Waals surface area (Å²) in [7, 11) is 1.60. The van der Waals surface area contributed by atoms with Crippen molar-refractivity contribution in [1.29, 1.82) is 0 Å². The van der Waals surface area contributed by atoms with E-state index in [2.05, 4.69) is 29.0 Å². The first-order valence-electron chi connectivity index (χ1n) is 5.78. The zero-order valence-electron chi connectivity index (χ0n) is 10.7. The number of aromatic nitrogens is 4. The number of rotatable bonds is 4. The van der Waals surface area contributed by atoms with E-state index in [1.54, 1.807) is 13.3 Å². The molecule has 1 N–H and O–H groups in total. The molecule has 18 heavy (non-hydrogen) atoms. The summed E-state index contributed by atoms with van der Waals surface area (Å²) >= 11 is 5.25. The average molecular weight is 264 g/mol. The molecule has 5 nitrogen and oxygen atoms in total. The molecule has 0 bridgehead atoms. The van der Waals surface area contributed by atoms with Crippen LogP contribution in [-0.2, 0) is 6.54 Å². The summed E-state index contributed by atoms with van der Waals surface area (Å²) in [5.74, 6) is 1.80. The van der Waals surface area contributed by atoms with E-state index in [0.717, 1.165) is 17.9 Å². The van der Waals surface area contributed by atoms with Crippen LogP contribution in [0, 0.1) is 10.7 Å². The van der Waals surface area contributed by atoms with E-state index in [0.29, 0.717) is 16.6 Å². The first-order chi connectivity index (χ1) is 8.63.